The number of aldehydes is 1. The van der Waals surface area contributed by atoms with Gasteiger partial charge in [-0.05, 0) is 73.6 Å². The van der Waals surface area contributed by atoms with Gasteiger partial charge in [-0.1, -0.05) is 12.1 Å². The number of benzene rings is 2. The van der Waals surface area contributed by atoms with Crippen LogP contribution in [0.1, 0.15) is 54.7 Å². The minimum atomic E-state index is -3.30. The summed E-state index contributed by atoms with van der Waals surface area (Å²) in [6, 6.07) is 9.25. The molecule has 0 spiro atoms. The molecule has 2 amide bonds. The van der Waals surface area contributed by atoms with Gasteiger partial charge >= 0.3 is 0 Å². The van der Waals surface area contributed by atoms with Crippen molar-refractivity contribution in [2.24, 2.45) is 0 Å². The topological polar surface area (TPSA) is 111 Å². The molecule has 9 nitrogen and oxygen atoms in total. The molecule has 16 heteroatoms. The first kappa shape index (κ1) is 35.9. The third-order valence-corrected chi connectivity index (χ3v) is 8.38. The highest BCUT2D eigenvalue weighted by Crippen LogP contribution is 2.48. The van der Waals surface area contributed by atoms with Crippen LogP contribution in [0.3, 0.4) is 0 Å². The molecule has 0 bridgehead atoms. The molecule has 1 fully saturated rings. The first-order chi connectivity index (χ1) is 21.0. The van der Waals surface area contributed by atoms with E-state index < -0.39 is 39.1 Å². The van der Waals surface area contributed by atoms with Gasteiger partial charge in [-0.3, -0.25) is 14.5 Å². The average Bonchev–Trinajstić information content (AvgIpc) is 3.15. The van der Waals surface area contributed by atoms with Crippen molar-refractivity contribution in [2.75, 3.05) is 25.5 Å². The van der Waals surface area contributed by atoms with Crippen molar-refractivity contribution in [3.63, 3.8) is 0 Å². The maximum absolute atomic E-state index is 15.1. The summed E-state index contributed by atoms with van der Waals surface area (Å²) in [6.45, 7) is 10.0. The molecule has 1 saturated heterocycles. The third kappa shape index (κ3) is 6.08. The zero-order valence-electron chi connectivity index (χ0n) is 26.7. The summed E-state index contributed by atoms with van der Waals surface area (Å²) in [6.07, 6.45) is -0.129. The van der Waals surface area contributed by atoms with Crippen LogP contribution >= 0.6 is 0 Å². The lowest BCUT2D eigenvalue weighted by Crippen LogP contribution is -2.78. The Bertz CT molecular complexity index is 1540. The highest BCUT2D eigenvalue weighted by atomic mass is 19.1. The van der Waals surface area contributed by atoms with Crippen molar-refractivity contribution in [2.45, 2.75) is 73.5 Å². The van der Waals surface area contributed by atoms with E-state index in [1.54, 1.807) is 12.1 Å². The normalized spacial score (nSPS) is 21.5. The molecule has 2 aromatic carbocycles. The van der Waals surface area contributed by atoms with E-state index in [-0.39, 0.29) is 40.8 Å². The van der Waals surface area contributed by atoms with Gasteiger partial charge in [0.25, 0.3) is 5.91 Å². The fraction of sp³-hybridized carbons (Fsp3) is 0.500. The molecule has 12 radical (unpaired) electrons. The van der Waals surface area contributed by atoms with E-state index >= 15 is 4.39 Å². The fourth-order valence-corrected chi connectivity index (χ4v) is 6.58. The van der Waals surface area contributed by atoms with Crippen LogP contribution < -0.4 is 10.6 Å². The standard InChI is InChI=1S/C30H33B6FN4O5/c1-25(2)14-40(15-26(3,4)46-25)13-17-9-10-20(37)18(11-17)12-39-21-8-6-7-19-22(21)29(34,35)41(23(19)43)28(33,24(44)38-5)30(36,45)27(31,32)16-42/h6-11,16,39,45H,12-15H2,1-5H3,(H,38,44). The number of rotatable bonds is 10. The molecular weight excluding hydrogens is 580 g/mol. The van der Waals surface area contributed by atoms with Gasteiger partial charge in [0.2, 0.25) is 5.91 Å². The zero-order valence-corrected chi connectivity index (χ0v) is 26.7. The number of nitrogens with zero attached hydrogens (tertiary/aromatic N) is 2. The lowest BCUT2D eigenvalue weighted by atomic mass is 9.33. The van der Waals surface area contributed by atoms with Gasteiger partial charge in [-0.2, -0.15) is 0 Å². The molecule has 0 saturated carbocycles. The second kappa shape index (κ2) is 11.9. The van der Waals surface area contributed by atoms with Crippen LogP contribution in [0.2, 0.25) is 5.21 Å². The van der Waals surface area contributed by atoms with Crippen molar-refractivity contribution in [1.29, 1.82) is 0 Å². The van der Waals surface area contributed by atoms with Crippen molar-refractivity contribution >= 4 is 70.9 Å². The number of likely N-dealkylation sites (N-methyl/N-ethyl adjacent to an activating group) is 1. The Labute approximate surface area is 277 Å². The Kier molecular flexibility index (Phi) is 9.31. The summed E-state index contributed by atoms with van der Waals surface area (Å²) in [4.78, 5) is 41.4. The first-order valence-electron chi connectivity index (χ1n) is 14.6. The number of halogens is 1. The van der Waals surface area contributed by atoms with E-state index in [2.05, 4.69) is 15.5 Å². The van der Waals surface area contributed by atoms with Crippen molar-refractivity contribution in [3.8, 4) is 0 Å². The van der Waals surface area contributed by atoms with E-state index in [0.717, 1.165) is 12.6 Å². The van der Waals surface area contributed by atoms with Crippen molar-refractivity contribution < 1.29 is 28.6 Å². The van der Waals surface area contributed by atoms with E-state index in [4.69, 9.17) is 51.8 Å². The Balaban J connectivity index is 1.67. The lowest BCUT2D eigenvalue weighted by molar-refractivity contribution is -0.182. The Morgan fingerprint density at radius 1 is 1.09 bits per heavy atom. The highest BCUT2D eigenvalue weighted by molar-refractivity contribution is 6.55. The molecule has 2 aromatic rings. The molecular formula is C30H33B6FN4O5. The molecule has 0 aromatic heterocycles. The molecule has 228 valence electrons. The van der Waals surface area contributed by atoms with Gasteiger partial charge in [0, 0.05) is 55.5 Å². The molecule has 2 atom stereocenters. The number of nitrogens with one attached hydrogen (secondary N) is 2. The van der Waals surface area contributed by atoms with E-state index in [0.29, 0.717) is 30.1 Å². The minimum Gasteiger partial charge on any atom is -0.398 e. The molecule has 2 unspecified atom stereocenters. The first-order valence-corrected chi connectivity index (χ1v) is 14.6. The van der Waals surface area contributed by atoms with Crippen LogP contribution in [-0.2, 0) is 32.8 Å². The number of hydrogen-bond donors (Lipinski definition) is 3. The van der Waals surface area contributed by atoms with E-state index in [1.807, 2.05) is 27.7 Å². The quantitative estimate of drug-likeness (QED) is 0.253. The second-order valence-corrected chi connectivity index (χ2v) is 13.4. The number of aliphatic hydroxyl groups is 1. The zero-order chi connectivity index (χ0) is 34.7. The molecule has 2 aliphatic rings. The summed E-state index contributed by atoms with van der Waals surface area (Å²) in [7, 11) is 38.0. The van der Waals surface area contributed by atoms with Gasteiger partial charge in [-0.15, -0.1) is 0 Å². The summed E-state index contributed by atoms with van der Waals surface area (Å²) in [5.41, 5.74) is -5.86. The Morgan fingerprint density at radius 3 is 2.26 bits per heavy atom. The van der Waals surface area contributed by atoms with Crippen LogP contribution in [-0.4, -0.2) is 122 Å². The molecule has 0 aliphatic carbocycles. The van der Waals surface area contributed by atoms with Crippen LogP contribution in [0.4, 0.5) is 10.1 Å². The molecule has 3 N–H and O–H groups in total. The maximum atomic E-state index is 15.1. The van der Waals surface area contributed by atoms with Crippen LogP contribution in [0.15, 0.2) is 36.4 Å². The average molecular weight is 613 g/mol. The summed E-state index contributed by atoms with van der Waals surface area (Å²) in [5, 5.41) is 11.2. The second-order valence-electron chi connectivity index (χ2n) is 13.4. The maximum Gasteiger partial charge on any atom is 0.253 e. The van der Waals surface area contributed by atoms with E-state index in [1.165, 1.54) is 24.3 Å². The van der Waals surface area contributed by atoms with Crippen LogP contribution in [0.25, 0.3) is 0 Å². The monoisotopic (exact) mass is 614 g/mol. The number of morpholine rings is 1. The largest absolute Gasteiger partial charge is 0.398 e. The van der Waals surface area contributed by atoms with Gasteiger partial charge < -0.3 is 30.2 Å². The highest BCUT2D eigenvalue weighted by Gasteiger charge is 2.63. The lowest BCUT2D eigenvalue weighted by Gasteiger charge is -2.58. The predicted molar refractivity (Wildman–Crippen MR) is 178 cm³/mol. The van der Waals surface area contributed by atoms with Gasteiger partial charge in [0.15, 0.2) is 0 Å². The molecule has 2 aliphatic heterocycles. The number of amides is 2. The fourth-order valence-electron chi connectivity index (χ4n) is 6.58. The Morgan fingerprint density at radius 2 is 1.70 bits per heavy atom. The molecule has 46 heavy (non-hydrogen) atoms. The van der Waals surface area contributed by atoms with Gasteiger partial charge in [0.05, 0.1) is 48.0 Å². The summed E-state index contributed by atoms with van der Waals surface area (Å²) < 4.78 is 21.2. The van der Waals surface area contributed by atoms with Crippen LogP contribution in [0.5, 0.6) is 0 Å². The summed E-state index contributed by atoms with van der Waals surface area (Å²) >= 11 is 0. The van der Waals surface area contributed by atoms with Crippen molar-refractivity contribution in [3.05, 3.63) is 64.5 Å². The number of anilines is 1. The smallest absolute Gasteiger partial charge is 0.253 e. The van der Waals surface area contributed by atoms with Gasteiger partial charge in [0.1, 0.15) is 27.8 Å². The van der Waals surface area contributed by atoms with Crippen LogP contribution in [0, 0.1) is 5.82 Å². The molecule has 4 rings (SSSR count). The summed E-state index contributed by atoms with van der Waals surface area (Å²) in [5.74, 6) is -2.77. The van der Waals surface area contributed by atoms with E-state index in [9.17, 15) is 19.5 Å². The molecule has 2 heterocycles. The van der Waals surface area contributed by atoms with Gasteiger partial charge in [-0.25, -0.2) is 4.39 Å². The SMILES string of the molecule is [B]C1([B])c2c(NCc3cc(CN4CC(C)(C)OC(C)(C)C4)ccc3F)cccc2C(=O)N1C([B])(C(=O)NC)C([B])(O)C([B])([B])C=O. The van der Waals surface area contributed by atoms with Crippen molar-refractivity contribution in [1.82, 2.24) is 15.1 Å². The number of carbonyl (C=O) groups excluding carboxylic acids is 3. The minimum absolute atomic E-state index is 0.0467. The Hall–Kier alpha value is -2.95. The third-order valence-electron chi connectivity index (χ3n) is 8.38. The number of ether oxygens (including phenoxy) is 1. The number of fused-ring (bicyclic) bond motifs is 1. The predicted octanol–water partition coefficient (Wildman–Crippen LogP) is -0.150. The number of carbonyl (C=O) groups is 3. The number of hydrogen-bond acceptors (Lipinski definition) is 7.